The molecule has 0 N–H and O–H groups in total. The van der Waals surface area contributed by atoms with Crippen LogP contribution in [-0.2, 0) is 19.6 Å². The van der Waals surface area contributed by atoms with E-state index in [0.29, 0.717) is 11.8 Å². The number of hydrogen-bond acceptors (Lipinski definition) is 3. The molecule has 1 aliphatic rings. The minimum Gasteiger partial charge on any atom is -0.471 e. The van der Waals surface area contributed by atoms with Gasteiger partial charge in [-0.2, -0.15) is 5.10 Å². The van der Waals surface area contributed by atoms with E-state index in [1.807, 2.05) is 12.1 Å². The zero-order chi connectivity index (χ0) is 14.8. The number of fused-ring (bicyclic) bond motifs is 1. The van der Waals surface area contributed by atoms with Gasteiger partial charge in [-0.05, 0) is 37.6 Å². The molecule has 0 bridgehead atoms. The molecule has 0 amide bonds. The van der Waals surface area contributed by atoms with Gasteiger partial charge in [0.1, 0.15) is 5.75 Å². The van der Waals surface area contributed by atoms with E-state index in [-0.39, 0.29) is 0 Å². The number of likely N-dealkylation sites (N-methyl/N-ethyl adjacent to an activating group) is 1. The molecule has 21 heavy (non-hydrogen) atoms. The Morgan fingerprint density at radius 2 is 1.95 bits per heavy atom. The van der Waals surface area contributed by atoms with Crippen molar-refractivity contribution < 1.29 is 4.74 Å². The summed E-state index contributed by atoms with van der Waals surface area (Å²) in [5, 5.41) is 5.55. The Hall–Kier alpha value is -1.23. The van der Waals surface area contributed by atoms with Crippen molar-refractivity contribution in [2.24, 2.45) is 0 Å². The Labute approximate surface area is 134 Å². The van der Waals surface area contributed by atoms with E-state index in [1.54, 1.807) is 17.1 Å². The molecule has 6 heteroatoms. The van der Waals surface area contributed by atoms with Crippen LogP contribution in [0.2, 0.25) is 10.0 Å². The van der Waals surface area contributed by atoms with E-state index in [9.17, 15) is 0 Å². The number of nitrogens with zero attached hydrogens (tertiary/aromatic N) is 3. The van der Waals surface area contributed by atoms with Crippen LogP contribution in [0.5, 0.6) is 5.75 Å². The fourth-order valence-corrected chi connectivity index (χ4v) is 3.01. The molecular formula is C15H17Cl2N3O. The molecule has 0 saturated carbocycles. The van der Waals surface area contributed by atoms with Crippen molar-refractivity contribution in [1.29, 1.82) is 0 Å². The third-order valence-electron chi connectivity index (χ3n) is 3.77. The summed E-state index contributed by atoms with van der Waals surface area (Å²) in [6.07, 6.45) is 5.24. The summed E-state index contributed by atoms with van der Waals surface area (Å²) in [7, 11) is 2.13. The first kappa shape index (κ1) is 14.7. The Morgan fingerprint density at radius 1 is 1.19 bits per heavy atom. The summed E-state index contributed by atoms with van der Waals surface area (Å²) in [5.74, 6) is 0.885. The van der Waals surface area contributed by atoms with Crippen LogP contribution in [0.1, 0.15) is 11.1 Å². The summed E-state index contributed by atoms with van der Waals surface area (Å²) in [4.78, 5) is 2.31. The number of aromatic nitrogens is 2. The maximum Gasteiger partial charge on any atom is 0.180 e. The second-order valence-corrected chi connectivity index (χ2v) is 6.12. The fourth-order valence-electron chi connectivity index (χ4n) is 2.58. The highest BCUT2D eigenvalue weighted by Crippen LogP contribution is 2.31. The normalized spacial score (nSPS) is 15.6. The highest BCUT2D eigenvalue weighted by molar-refractivity contribution is 6.31. The van der Waals surface area contributed by atoms with Gasteiger partial charge in [0, 0.05) is 29.9 Å². The number of ether oxygens (including phenoxy) is 1. The average Bonchev–Trinajstić information content (AvgIpc) is 2.77. The van der Waals surface area contributed by atoms with Gasteiger partial charge in [0.15, 0.2) is 6.73 Å². The lowest BCUT2D eigenvalue weighted by Crippen LogP contribution is -2.20. The zero-order valence-electron chi connectivity index (χ0n) is 11.9. The minimum absolute atomic E-state index is 0.344. The van der Waals surface area contributed by atoms with Gasteiger partial charge >= 0.3 is 0 Å². The van der Waals surface area contributed by atoms with Crippen molar-refractivity contribution in [3.05, 3.63) is 45.7 Å². The van der Waals surface area contributed by atoms with Crippen LogP contribution < -0.4 is 4.74 Å². The maximum absolute atomic E-state index is 6.35. The van der Waals surface area contributed by atoms with Crippen molar-refractivity contribution in [1.82, 2.24) is 14.7 Å². The zero-order valence-corrected chi connectivity index (χ0v) is 13.4. The van der Waals surface area contributed by atoms with E-state index in [2.05, 4.69) is 17.0 Å². The molecule has 2 aromatic rings. The number of hydrogen-bond donors (Lipinski definition) is 0. The van der Waals surface area contributed by atoms with Gasteiger partial charge in [0.05, 0.1) is 11.2 Å². The van der Waals surface area contributed by atoms with Crippen molar-refractivity contribution in [3.8, 4) is 5.75 Å². The molecule has 0 fully saturated rings. The van der Waals surface area contributed by atoms with E-state index >= 15 is 0 Å². The number of rotatable bonds is 3. The summed E-state index contributed by atoms with van der Waals surface area (Å²) >= 11 is 12.2. The van der Waals surface area contributed by atoms with Crippen molar-refractivity contribution in [3.63, 3.8) is 0 Å². The fraction of sp³-hybridized carbons (Fsp3) is 0.400. The average molecular weight is 326 g/mol. The molecule has 1 aliphatic heterocycles. The van der Waals surface area contributed by atoms with Crippen molar-refractivity contribution >= 4 is 23.2 Å². The molecule has 0 atom stereocenters. The highest BCUT2D eigenvalue weighted by Gasteiger charge is 2.18. The predicted octanol–water partition coefficient (Wildman–Crippen LogP) is 3.26. The smallest absolute Gasteiger partial charge is 0.180 e. The van der Waals surface area contributed by atoms with Gasteiger partial charge in [-0.3, -0.25) is 0 Å². The van der Waals surface area contributed by atoms with E-state index in [0.717, 1.165) is 36.7 Å². The Morgan fingerprint density at radius 3 is 2.67 bits per heavy atom. The first-order valence-corrected chi connectivity index (χ1v) is 7.68. The number of benzene rings is 1. The molecule has 4 nitrogen and oxygen atoms in total. The van der Waals surface area contributed by atoms with Crippen LogP contribution in [0.25, 0.3) is 0 Å². The quantitative estimate of drug-likeness (QED) is 0.867. The Kier molecular flexibility index (Phi) is 4.38. The molecular weight excluding hydrogens is 309 g/mol. The van der Waals surface area contributed by atoms with E-state index in [1.165, 1.54) is 11.1 Å². The third kappa shape index (κ3) is 3.34. The predicted molar refractivity (Wildman–Crippen MR) is 84.2 cm³/mol. The van der Waals surface area contributed by atoms with E-state index < -0.39 is 0 Å². The number of halogens is 2. The van der Waals surface area contributed by atoms with Gasteiger partial charge in [-0.15, -0.1) is 0 Å². The standard InChI is InChI=1S/C15H17Cl2N3O/c1-19-6-4-12-13(5-7-19)15(3-2-14(12)17)21-10-20-9-11(16)8-18-20/h2-3,8-9H,4-7,10H2,1H3. The molecule has 0 unspecified atom stereocenters. The van der Waals surface area contributed by atoms with Crippen LogP contribution in [-0.4, -0.2) is 34.8 Å². The molecule has 0 radical (unpaired) electrons. The van der Waals surface area contributed by atoms with Crippen LogP contribution >= 0.6 is 23.2 Å². The van der Waals surface area contributed by atoms with Gasteiger partial charge < -0.3 is 9.64 Å². The molecule has 112 valence electrons. The molecule has 1 aromatic heterocycles. The lowest BCUT2D eigenvalue weighted by Gasteiger charge is -2.15. The lowest BCUT2D eigenvalue weighted by molar-refractivity contribution is 0.218. The van der Waals surface area contributed by atoms with Gasteiger partial charge in [0.25, 0.3) is 0 Å². The monoisotopic (exact) mass is 325 g/mol. The lowest BCUT2D eigenvalue weighted by atomic mass is 10.0. The second kappa shape index (κ2) is 6.26. The molecule has 0 aliphatic carbocycles. The molecule has 1 aromatic carbocycles. The summed E-state index contributed by atoms with van der Waals surface area (Å²) < 4.78 is 7.59. The highest BCUT2D eigenvalue weighted by atomic mass is 35.5. The maximum atomic E-state index is 6.35. The topological polar surface area (TPSA) is 30.3 Å². The first-order valence-electron chi connectivity index (χ1n) is 6.93. The SMILES string of the molecule is CN1CCc2c(Cl)ccc(OCn3cc(Cl)cn3)c2CC1. The minimum atomic E-state index is 0.344. The Bertz CT molecular complexity index is 642. The Balaban J connectivity index is 1.82. The van der Waals surface area contributed by atoms with Gasteiger partial charge in [-0.25, -0.2) is 4.68 Å². The second-order valence-electron chi connectivity index (χ2n) is 5.28. The summed E-state index contributed by atoms with van der Waals surface area (Å²) in [5.41, 5.74) is 2.42. The van der Waals surface area contributed by atoms with Crippen LogP contribution in [0, 0.1) is 0 Å². The van der Waals surface area contributed by atoms with Crippen LogP contribution in [0.4, 0.5) is 0 Å². The molecule has 0 spiro atoms. The summed E-state index contributed by atoms with van der Waals surface area (Å²) in [6.45, 7) is 2.37. The third-order valence-corrected chi connectivity index (χ3v) is 4.32. The van der Waals surface area contributed by atoms with Crippen molar-refractivity contribution in [2.75, 3.05) is 20.1 Å². The van der Waals surface area contributed by atoms with Crippen molar-refractivity contribution in [2.45, 2.75) is 19.6 Å². The van der Waals surface area contributed by atoms with E-state index in [4.69, 9.17) is 27.9 Å². The summed E-state index contributed by atoms with van der Waals surface area (Å²) in [6, 6.07) is 3.86. The van der Waals surface area contributed by atoms with Crippen LogP contribution in [0.15, 0.2) is 24.5 Å². The molecule has 3 rings (SSSR count). The van der Waals surface area contributed by atoms with Gasteiger partial charge in [0.2, 0.25) is 0 Å². The molecule has 0 saturated heterocycles. The molecule has 2 heterocycles. The van der Waals surface area contributed by atoms with Gasteiger partial charge in [-0.1, -0.05) is 23.2 Å². The largest absolute Gasteiger partial charge is 0.471 e. The first-order chi connectivity index (χ1) is 10.1. The van der Waals surface area contributed by atoms with Crippen LogP contribution in [0.3, 0.4) is 0 Å².